The molecule has 8 heteroatoms. The van der Waals surface area contributed by atoms with Crippen molar-refractivity contribution in [3.05, 3.63) is 63.1 Å². The Morgan fingerprint density at radius 3 is 2.29 bits per heavy atom. The number of ether oxygens (including phenoxy) is 1. The van der Waals surface area contributed by atoms with Gasteiger partial charge in [0.25, 0.3) is 0 Å². The maximum Gasteiger partial charge on any atom is 0.223 e. The molecule has 2 aromatic rings. The van der Waals surface area contributed by atoms with E-state index < -0.39 is 10.0 Å². The Bertz CT molecular complexity index is 1110. The summed E-state index contributed by atoms with van der Waals surface area (Å²) in [4.78, 5) is 13.0. The molecular weight excluding hydrogens is 516 g/mol. The molecule has 0 spiro atoms. The summed E-state index contributed by atoms with van der Waals surface area (Å²) in [5.74, 6) is 0.944. The number of sulfonamides is 1. The minimum absolute atomic E-state index is 0.0150. The Morgan fingerprint density at radius 1 is 1.12 bits per heavy atom. The predicted molar refractivity (Wildman–Crippen MR) is 139 cm³/mol. The van der Waals surface area contributed by atoms with Crippen molar-refractivity contribution < 1.29 is 17.9 Å². The molecule has 2 aromatic carbocycles. The third-order valence-electron chi connectivity index (χ3n) is 6.55. The lowest BCUT2D eigenvalue weighted by Crippen LogP contribution is -2.43. The molecule has 0 saturated carbocycles. The van der Waals surface area contributed by atoms with Crippen LogP contribution in [0.4, 0.5) is 0 Å². The smallest absolute Gasteiger partial charge is 0.223 e. The van der Waals surface area contributed by atoms with Crippen LogP contribution in [0.3, 0.4) is 0 Å². The molecule has 1 saturated heterocycles. The van der Waals surface area contributed by atoms with Crippen molar-refractivity contribution in [1.82, 2.24) is 9.62 Å². The van der Waals surface area contributed by atoms with Gasteiger partial charge in [0.1, 0.15) is 5.75 Å². The van der Waals surface area contributed by atoms with Gasteiger partial charge >= 0.3 is 0 Å². The van der Waals surface area contributed by atoms with E-state index in [1.165, 1.54) is 4.31 Å². The van der Waals surface area contributed by atoms with Gasteiger partial charge in [-0.05, 0) is 79.1 Å². The number of rotatable bonds is 8. The van der Waals surface area contributed by atoms with Gasteiger partial charge in [0, 0.05) is 23.5 Å². The molecule has 0 bridgehead atoms. The molecule has 0 radical (unpaired) electrons. The first kappa shape index (κ1) is 26.7. The van der Waals surface area contributed by atoms with Crippen LogP contribution in [0.5, 0.6) is 5.75 Å². The van der Waals surface area contributed by atoms with E-state index >= 15 is 0 Å². The normalized spacial score (nSPS) is 16.4. The number of nitrogens with zero attached hydrogens (tertiary/aromatic N) is 1. The van der Waals surface area contributed by atoms with Crippen molar-refractivity contribution in [1.29, 1.82) is 0 Å². The number of aryl methyl sites for hydroxylation is 1. The van der Waals surface area contributed by atoms with Crippen LogP contribution in [-0.4, -0.2) is 38.8 Å². The number of nitrogens with one attached hydrogen (secondary N) is 1. The van der Waals surface area contributed by atoms with Crippen LogP contribution >= 0.6 is 15.9 Å². The molecule has 1 N–H and O–H groups in total. The Hall–Kier alpha value is -1.90. The quantitative estimate of drug-likeness (QED) is 0.483. The minimum atomic E-state index is -3.42. The van der Waals surface area contributed by atoms with Crippen LogP contribution in [-0.2, 0) is 20.6 Å². The Kier molecular flexibility index (Phi) is 8.82. The summed E-state index contributed by atoms with van der Waals surface area (Å²) in [5, 5.41) is 3.16. The number of hydrogen-bond donors (Lipinski definition) is 1. The second-order valence-corrected chi connectivity index (χ2v) is 12.3. The molecule has 0 aromatic heterocycles. The first-order chi connectivity index (χ1) is 16.0. The van der Waals surface area contributed by atoms with E-state index in [1.807, 2.05) is 44.2 Å². The third kappa shape index (κ3) is 6.40. The van der Waals surface area contributed by atoms with Crippen LogP contribution in [0.25, 0.3) is 0 Å². The maximum absolute atomic E-state index is 13.0. The number of halogens is 1. The first-order valence-corrected chi connectivity index (χ1v) is 14.1. The lowest BCUT2D eigenvalue weighted by Gasteiger charge is -2.31. The van der Waals surface area contributed by atoms with Gasteiger partial charge in [0.15, 0.2) is 0 Å². The average Bonchev–Trinajstić information content (AvgIpc) is 2.79. The fraction of sp³-hybridized carbons (Fsp3) is 0.500. The molecule has 34 heavy (non-hydrogen) atoms. The zero-order chi connectivity index (χ0) is 25.0. The summed E-state index contributed by atoms with van der Waals surface area (Å²) in [7, 11) is -1.74. The third-order valence-corrected chi connectivity index (χ3v) is 8.92. The van der Waals surface area contributed by atoms with Gasteiger partial charge in [0.05, 0.1) is 18.9 Å². The summed E-state index contributed by atoms with van der Waals surface area (Å²) in [6.45, 7) is 9.00. The lowest BCUT2D eigenvalue weighted by molar-refractivity contribution is -0.126. The van der Waals surface area contributed by atoms with Crippen molar-refractivity contribution in [2.24, 2.45) is 5.92 Å². The van der Waals surface area contributed by atoms with Gasteiger partial charge in [-0.3, -0.25) is 4.79 Å². The number of methoxy groups -OCH3 is 1. The van der Waals surface area contributed by atoms with E-state index in [4.69, 9.17) is 4.74 Å². The van der Waals surface area contributed by atoms with E-state index in [9.17, 15) is 13.2 Å². The summed E-state index contributed by atoms with van der Waals surface area (Å²) in [6.07, 6.45) is 1.05. The van der Waals surface area contributed by atoms with E-state index in [-0.39, 0.29) is 23.6 Å². The van der Waals surface area contributed by atoms with Crippen molar-refractivity contribution in [3.63, 3.8) is 0 Å². The SMILES string of the molecule is COc1cc(C)c([C@@H](C)NC(=O)C2CCN(S(=O)(=O)Cc3ccc(Br)cc3)CC2)cc1C(C)C. The summed E-state index contributed by atoms with van der Waals surface area (Å²) in [5.41, 5.74) is 4.02. The monoisotopic (exact) mass is 550 g/mol. The maximum atomic E-state index is 13.0. The van der Waals surface area contributed by atoms with Crippen molar-refractivity contribution in [2.75, 3.05) is 20.2 Å². The zero-order valence-corrected chi connectivity index (χ0v) is 23.0. The van der Waals surface area contributed by atoms with E-state index in [2.05, 4.69) is 41.2 Å². The fourth-order valence-corrected chi connectivity index (χ4v) is 6.33. The fourth-order valence-electron chi connectivity index (χ4n) is 4.50. The second kappa shape index (κ2) is 11.2. The Morgan fingerprint density at radius 2 is 1.74 bits per heavy atom. The highest BCUT2D eigenvalue weighted by Gasteiger charge is 2.32. The lowest BCUT2D eigenvalue weighted by atomic mass is 9.92. The number of piperidine rings is 1. The summed E-state index contributed by atoms with van der Waals surface area (Å²) >= 11 is 3.37. The van der Waals surface area contributed by atoms with E-state index in [1.54, 1.807) is 7.11 Å². The van der Waals surface area contributed by atoms with Crippen LogP contribution in [0.1, 0.15) is 67.8 Å². The molecule has 0 unspecified atom stereocenters. The van der Waals surface area contributed by atoms with E-state index in [0.29, 0.717) is 31.8 Å². The van der Waals surface area contributed by atoms with Crippen LogP contribution in [0, 0.1) is 12.8 Å². The molecule has 1 atom stereocenters. The number of benzene rings is 2. The van der Waals surface area contributed by atoms with Crippen LogP contribution < -0.4 is 10.1 Å². The highest BCUT2D eigenvalue weighted by atomic mass is 79.9. The number of carbonyl (C=O) groups excluding carboxylic acids is 1. The molecule has 1 fully saturated rings. The van der Waals surface area contributed by atoms with E-state index in [0.717, 1.165) is 32.5 Å². The van der Waals surface area contributed by atoms with Crippen molar-refractivity contribution in [2.45, 2.75) is 58.2 Å². The molecule has 3 rings (SSSR count). The molecule has 1 amide bonds. The second-order valence-electron chi connectivity index (χ2n) is 9.39. The largest absolute Gasteiger partial charge is 0.496 e. The predicted octanol–water partition coefficient (Wildman–Crippen LogP) is 5.31. The van der Waals surface area contributed by atoms with Gasteiger partial charge in [-0.2, -0.15) is 0 Å². The average molecular weight is 552 g/mol. The van der Waals surface area contributed by atoms with Gasteiger partial charge in [0.2, 0.25) is 15.9 Å². The highest BCUT2D eigenvalue weighted by molar-refractivity contribution is 9.10. The Balaban J connectivity index is 1.60. The standard InChI is InChI=1S/C26H35BrN2O4S/c1-17(2)23-15-24(18(3)14-25(23)33-5)19(4)28-26(30)21-10-12-29(13-11-21)34(31,32)16-20-6-8-22(27)9-7-20/h6-9,14-15,17,19,21H,10-13,16H2,1-5H3,(H,28,30)/t19-/m1/s1. The highest BCUT2D eigenvalue weighted by Crippen LogP contribution is 2.32. The molecule has 6 nitrogen and oxygen atoms in total. The number of amides is 1. The van der Waals surface area contributed by atoms with Crippen LogP contribution in [0.2, 0.25) is 0 Å². The molecular formula is C26H35BrN2O4S. The minimum Gasteiger partial charge on any atom is -0.496 e. The molecule has 1 aliphatic heterocycles. The molecule has 1 heterocycles. The van der Waals surface area contributed by atoms with Gasteiger partial charge in [-0.25, -0.2) is 12.7 Å². The first-order valence-electron chi connectivity index (χ1n) is 11.7. The van der Waals surface area contributed by atoms with Gasteiger partial charge < -0.3 is 10.1 Å². The Labute approximate surface area is 212 Å². The number of carbonyl (C=O) groups is 1. The molecule has 186 valence electrons. The van der Waals surface area contributed by atoms with Crippen molar-refractivity contribution >= 4 is 31.9 Å². The summed E-state index contributed by atoms with van der Waals surface area (Å²) in [6, 6.07) is 11.3. The van der Waals surface area contributed by atoms with Crippen molar-refractivity contribution in [3.8, 4) is 5.75 Å². The summed E-state index contributed by atoms with van der Waals surface area (Å²) < 4.78 is 33.7. The zero-order valence-electron chi connectivity index (χ0n) is 20.6. The molecule has 0 aliphatic carbocycles. The van der Waals surface area contributed by atoms with Crippen LogP contribution in [0.15, 0.2) is 40.9 Å². The van der Waals surface area contributed by atoms with Gasteiger partial charge in [-0.1, -0.05) is 41.9 Å². The molecule has 1 aliphatic rings. The number of hydrogen-bond acceptors (Lipinski definition) is 4. The topological polar surface area (TPSA) is 75.7 Å². The van der Waals surface area contributed by atoms with Gasteiger partial charge in [-0.15, -0.1) is 0 Å².